The summed E-state index contributed by atoms with van der Waals surface area (Å²) in [6.45, 7) is 6.48. The van der Waals surface area contributed by atoms with E-state index in [1.807, 2.05) is 0 Å². The van der Waals surface area contributed by atoms with E-state index < -0.39 is 5.82 Å². The summed E-state index contributed by atoms with van der Waals surface area (Å²) < 4.78 is 24.2. The van der Waals surface area contributed by atoms with Crippen molar-refractivity contribution in [3.8, 4) is 5.88 Å². The quantitative estimate of drug-likeness (QED) is 0.422. The predicted octanol–water partition coefficient (Wildman–Crippen LogP) is 2.32. The Kier molecular flexibility index (Phi) is 8.99. The van der Waals surface area contributed by atoms with Gasteiger partial charge in [-0.25, -0.2) is 9.37 Å². The molecule has 2 heterocycles. The summed E-state index contributed by atoms with van der Waals surface area (Å²) in [5, 5.41) is 3.18. The van der Waals surface area contributed by atoms with Crippen LogP contribution in [0.2, 0.25) is 5.02 Å². The number of aromatic nitrogens is 2. The Balaban J connectivity index is 1.68. The fourth-order valence-corrected chi connectivity index (χ4v) is 3.83. The molecule has 1 amide bonds. The molecular weight excluding hydrogens is 449 g/mol. The third-order valence-corrected chi connectivity index (χ3v) is 5.80. The number of ether oxygens (including phenoxy) is 2. The third kappa shape index (κ3) is 6.63. The molecule has 0 bridgehead atoms. The third-order valence-electron chi connectivity index (χ3n) is 5.44. The van der Waals surface area contributed by atoms with Gasteiger partial charge < -0.3 is 20.5 Å². The molecular formula is C23H29ClFN5O3. The molecule has 0 atom stereocenters. The van der Waals surface area contributed by atoms with E-state index in [1.165, 1.54) is 25.4 Å². The van der Waals surface area contributed by atoms with Crippen LogP contribution in [0.25, 0.3) is 5.57 Å². The average molecular weight is 478 g/mol. The van der Waals surface area contributed by atoms with Crippen LogP contribution in [0.3, 0.4) is 0 Å². The molecule has 1 aliphatic heterocycles. The molecule has 3 N–H and O–H groups in total. The number of hydrogen-bond acceptors (Lipinski definition) is 7. The van der Waals surface area contributed by atoms with Crippen LogP contribution >= 0.6 is 11.6 Å². The van der Waals surface area contributed by atoms with Gasteiger partial charge in [-0.15, -0.1) is 0 Å². The first-order valence-electron chi connectivity index (χ1n) is 10.8. The molecule has 1 aromatic heterocycles. The van der Waals surface area contributed by atoms with Crippen molar-refractivity contribution >= 4 is 23.1 Å². The second-order valence-electron chi connectivity index (χ2n) is 7.68. The van der Waals surface area contributed by atoms with Crippen LogP contribution in [0.4, 0.5) is 4.39 Å². The Morgan fingerprint density at radius 1 is 1.36 bits per heavy atom. The fraction of sp³-hybridized carbons (Fsp3) is 0.435. The molecule has 1 aromatic carbocycles. The molecule has 0 radical (unpaired) electrons. The number of amides is 1. The zero-order valence-corrected chi connectivity index (χ0v) is 19.6. The summed E-state index contributed by atoms with van der Waals surface area (Å²) in [6.07, 6.45) is 2.36. The number of nitrogens with zero attached hydrogens (tertiary/aromatic N) is 3. The zero-order valence-electron chi connectivity index (χ0n) is 18.9. The number of methoxy groups -OCH3 is 1. The second kappa shape index (κ2) is 11.9. The molecule has 0 saturated carbocycles. The van der Waals surface area contributed by atoms with Gasteiger partial charge in [0.25, 0.3) is 5.91 Å². The highest BCUT2D eigenvalue weighted by atomic mass is 35.5. The molecule has 0 spiro atoms. The van der Waals surface area contributed by atoms with E-state index in [1.54, 1.807) is 13.0 Å². The monoisotopic (exact) mass is 477 g/mol. The van der Waals surface area contributed by atoms with Crippen molar-refractivity contribution in [2.45, 2.75) is 19.8 Å². The lowest BCUT2D eigenvalue weighted by atomic mass is 10.0. The number of nitrogens with two attached hydrogens (primary N) is 1. The Morgan fingerprint density at radius 2 is 2.12 bits per heavy atom. The lowest BCUT2D eigenvalue weighted by Gasteiger charge is -2.26. The van der Waals surface area contributed by atoms with Crippen LogP contribution in [0.1, 0.15) is 29.1 Å². The maximum Gasteiger partial charge on any atom is 0.256 e. The van der Waals surface area contributed by atoms with Crippen molar-refractivity contribution in [3.05, 3.63) is 57.9 Å². The summed E-state index contributed by atoms with van der Waals surface area (Å²) >= 11 is 6.17. The van der Waals surface area contributed by atoms with Gasteiger partial charge in [-0.2, -0.15) is 4.98 Å². The Morgan fingerprint density at radius 3 is 2.79 bits per heavy atom. The Hall–Kier alpha value is -2.75. The highest BCUT2D eigenvalue weighted by molar-refractivity contribution is 6.31. The topological polar surface area (TPSA) is 103 Å². The lowest BCUT2D eigenvalue weighted by Crippen LogP contribution is -2.38. The number of halogens is 2. The number of nitrogens with one attached hydrogen (secondary N) is 1. The molecule has 0 unspecified atom stereocenters. The van der Waals surface area contributed by atoms with E-state index in [-0.39, 0.29) is 17.3 Å². The largest absolute Gasteiger partial charge is 0.481 e. The van der Waals surface area contributed by atoms with Crippen molar-refractivity contribution in [1.29, 1.82) is 0 Å². The minimum Gasteiger partial charge on any atom is -0.481 e. The summed E-state index contributed by atoms with van der Waals surface area (Å²) in [4.78, 5) is 23.9. The normalized spacial score (nSPS) is 14.8. The fourth-order valence-electron chi connectivity index (χ4n) is 3.59. The number of benzene rings is 1. The van der Waals surface area contributed by atoms with Gasteiger partial charge in [0.2, 0.25) is 5.88 Å². The van der Waals surface area contributed by atoms with Crippen LogP contribution in [-0.2, 0) is 16.0 Å². The molecule has 178 valence electrons. The molecule has 10 heteroatoms. The van der Waals surface area contributed by atoms with Crippen LogP contribution < -0.4 is 15.8 Å². The number of morpholine rings is 1. The van der Waals surface area contributed by atoms with Gasteiger partial charge in [-0.3, -0.25) is 9.69 Å². The molecule has 33 heavy (non-hydrogen) atoms. The van der Waals surface area contributed by atoms with Crippen molar-refractivity contribution in [3.63, 3.8) is 0 Å². The standard InChI is InChI=1S/C23H29ClFN5O3/c1-15-18(12-16-4-5-17(25)13-20(16)24)23(32-2)29-21(28-15)19(14-26)22(31)27-6-3-7-30-8-10-33-11-9-30/h4-5,13-14H,3,6-12,26H2,1-2H3,(H,27,31). The first-order chi connectivity index (χ1) is 15.9. The van der Waals surface area contributed by atoms with E-state index in [9.17, 15) is 9.18 Å². The minimum atomic E-state index is -0.410. The van der Waals surface area contributed by atoms with Crippen molar-refractivity contribution in [2.75, 3.05) is 46.5 Å². The van der Waals surface area contributed by atoms with Gasteiger partial charge in [0.05, 0.1) is 25.9 Å². The summed E-state index contributed by atoms with van der Waals surface area (Å²) in [5.41, 5.74) is 7.92. The van der Waals surface area contributed by atoms with Gasteiger partial charge in [-0.1, -0.05) is 17.7 Å². The average Bonchev–Trinajstić information content (AvgIpc) is 2.80. The van der Waals surface area contributed by atoms with E-state index in [4.69, 9.17) is 26.8 Å². The molecule has 0 aliphatic carbocycles. The van der Waals surface area contributed by atoms with Crippen molar-refractivity contribution in [2.24, 2.45) is 5.73 Å². The highest BCUT2D eigenvalue weighted by Crippen LogP contribution is 2.27. The van der Waals surface area contributed by atoms with E-state index in [2.05, 4.69) is 20.2 Å². The van der Waals surface area contributed by atoms with Crippen LogP contribution in [0, 0.1) is 12.7 Å². The first-order valence-corrected chi connectivity index (χ1v) is 11.2. The molecule has 8 nitrogen and oxygen atoms in total. The summed E-state index contributed by atoms with van der Waals surface area (Å²) in [7, 11) is 1.48. The number of aryl methyl sites for hydroxylation is 1. The maximum absolute atomic E-state index is 13.4. The summed E-state index contributed by atoms with van der Waals surface area (Å²) in [5.74, 6) is -0.285. The van der Waals surface area contributed by atoms with Crippen molar-refractivity contribution < 1.29 is 18.7 Å². The Labute approximate surface area is 197 Å². The first kappa shape index (κ1) is 24.9. The van der Waals surface area contributed by atoms with Gasteiger partial charge in [0.1, 0.15) is 5.82 Å². The van der Waals surface area contributed by atoms with E-state index in [0.29, 0.717) is 40.7 Å². The second-order valence-corrected chi connectivity index (χ2v) is 8.08. The molecule has 1 aliphatic rings. The SMILES string of the molecule is COc1nc(C(=CN)C(=O)NCCCN2CCOCC2)nc(C)c1Cc1ccc(F)cc1Cl. The van der Waals surface area contributed by atoms with Gasteiger partial charge in [-0.05, 0) is 37.6 Å². The minimum absolute atomic E-state index is 0.161. The zero-order chi connectivity index (χ0) is 23.8. The number of carbonyl (C=O) groups excluding carboxylic acids is 1. The van der Waals surface area contributed by atoms with E-state index >= 15 is 0 Å². The Bertz CT molecular complexity index is 1010. The predicted molar refractivity (Wildman–Crippen MR) is 125 cm³/mol. The van der Waals surface area contributed by atoms with Crippen LogP contribution in [0.15, 0.2) is 24.4 Å². The molecule has 2 aromatic rings. The van der Waals surface area contributed by atoms with Crippen LogP contribution in [0.5, 0.6) is 5.88 Å². The van der Waals surface area contributed by atoms with Gasteiger partial charge in [0.15, 0.2) is 5.82 Å². The molecule has 1 fully saturated rings. The molecule has 3 rings (SSSR count). The lowest BCUT2D eigenvalue weighted by molar-refractivity contribution is -0.115. The number of rotatable bonds is 9. The van der Waals surface area contributed by atoms with Gasteiger partial charge in [0, 0.05) is 48.5 Å². The van der Waals surface area contributed by atoms with Crippen LogP contribution in [-0.4, -0.2) is 67.3 Å². The summed E-state index contributed by atoms with van der Waals surface area (Å²) in [6, 6.07) is 4.21. The van der Waals surface area contributed by atoms with Crippen molar-refractivity contribution in [1.82, 2.24) is 20.2 Å². The highest BCUT2D eigenvalue weighted by Gasteiger charge is 2.20. The number of hydrogen-bond donors (Lipinski definition) is 2. The van der Waals surface area contributed by atoms with Gasteiger partial charge >= 0.3 is 0 Å². The number of carbonyl (C=O) groups is 1. The van der Waals surface area contributed by atoms with E-state index in [0.717, 1.165) is 39.3 Å². The maximum atomic E-state index is 13.4. The molecule has 1 saturated heterocycles. The smallest absolute Gasteiger partial charge is 0.256 e.